The molecule has 4 aromatic rings. The van der Waals surface area contributed by atoms with Gasteiger partial charge in [0.05, 0.1) is 17.2 Å². The first-order valence-corrected chi connectivity index (χ1v) is 13.9. The number of aryl methyl sites for hydroxylation is 1. The Labute approximate surface area is 234 Å². The normalized spacial score (nSPS) is 11.7. The van der Waals surface area contributed by atoms with E-state index in [-0.39, 0.29) is 22.0 Å². The van der Waals surface area contributed by atoms with Crippen LogP contribution in [0.2, 0.25) is 10.0 Å². The number of anilines is 1. The number of carbonyl (C=O) groups excluding carboxylic acids is 1. The maximum Gasteiger partial charge on any atom is 0.296 e. The lowest BCUT2D eigenvalue weighted by molar-refractivity contribution is 0.102. The van der Waals surface area contributed by atoms with Crippen LogP contribution in [-0.4, -0.2) is 30.6 Å². The van der Waals surface area contributed by atoms with E-state index in [0.29, 0.717) is 45.8 Å². The van der Waals surface area contributed by atoms with Gasteiger partial charge in [-0.05, 0) is 60.7 Å². The molecule has 0 radical (unpaired) electrons. The summed E-state index contributed by atoms with van der Waals surface area (Å²) in [6, 6.07) is 15.6. The Balaban J connectivity index is 1.80. The second-order valence-corrected chi connectivity index (χ2v) is 10.5. The van der Waals surface area contributed by atoms with E-state index in [1.165, 1.54) is 18.2 Å². The molecule has 0 aromatic heterocycles. The maximum absolute atomic E-state index is 13.2. The molecule has 9 nitrogen and oxygen atoms in total. The molecule has 4 rings (SSSR count). The molecule has 0 aliphatic carbocycles. The minimum absolute atomic E-state index is 0.0720. The fraction of sp³-hybridized carbons (Fsp3) is 0.148. The molecule has 0 saturated carbocycles. The first-order valence-electron chi connectivity index (χ1n) is 11.7. The highest BCUT2D eigenvalue weighted by Crippen LogP contribution is 2.41. The highest BCUT2D eigenvalue weighted by atomic mass is 35.5. The van der Waals surface area contributed by atoms with Gasteiger partial charge in [0.25, 0.3) is 16.0 Å². The highest BCUT2D eigenvalue weighted by Gasteiger charge is 2.21. The molecule has 0 aliphatic rings. The smallest absolute Gasteiger partial charge is 0.296 e. The van der Waals surface area contributed by atoms with Crippen LogP contribution in [0.1, 0.15) is 29.8 Å². The molecular weight excluding hydrogens is 565 g/mol. The van der Waals surface area contributed by atoms with Gasteiger partial charge in [-0.3, -0.25) is 9.35 Å². The highest BCUT2D eigenvalue weighted by molar-refractivity contribution is 7.86. The molecule has 202 valence electrons. The van der Waals surface area contributed by atoms with Crippen LogP contribution in [0.15, 0.2) is 75.8 Å². The first-order chi connectivity index (χ1) is 18.5. The van der Waals surface area contributed by atoms with Gasteiger partial charge in [0.15, 0.2) is 5.75 Å². The minimum atomic E-state index is -4.69. The van der Waals surface area contributed by atoms with E-state index in [4.69, 9.17) is 27.9 Å². The number of aromatic hydroxyl groups is 1. The Kier molecular flexibility index (Phi) is 8.41. The van der Waals surface area contributed by atoms with Crippen molar-refractivity contribution in [2.45, 2.75) is 25.2 Å². The third kappa shape index (κ3) is 6.15. The molecule has 0 aliphatic heterocycles. The number of azo groups is 1. The number of rotatable bonds is 8. The zero-order chi connectivity index (χ0) is 28.3. The molecule has 0 atom stereocenters. The largest absolute Gasteiger partial charge is 0.505 e. The Morgan fingerprint density at radius 1 is 1.00 bits per heavy atom. The Morgan fingerprint density at radius 3 is 2.41 bits per heavy atom. The van der Waals surface area contributed by atoms with E-state index in [1.807, 2.05) is 13.8 Å². The van der Waals surface area contributed by atoms with Gasteiger partial charge in [0.2, 0.25) is 0 Å². The monoisotopic (exact) mass is 587 g/mol. The van der Waals surface area contributed by atoms with Crippen LogP contribution in [-0.2, 0) is 16.5 Å². The van der Waals surface area contributed by atoms with Gasteiger partial charge in [-0.1, -0.05) is 54.4 Å². The summed E-state index contributed by atoms with van der Waals surface area (Å²) < 4.78 is 39.0. The fourth-order valence-corrected chi connectivity index (χ4v) is 5.12. The van der Waals surface area contributed by atoms with E-state index in [2.05, 4.69) is 15.5 Å². The molecule has 3 N–H and O–H groups in total. The van der Waals surface area contributed by atoms with Gasteiger partial charge < -0.3 is 15.2 Å². The van der Waals surface area contributed by atoms with Gasteiger partial charge >= 0.3 is 0 Å². The van der Waals surface area contributed by atoms with Crippen molar-refractivity contribution in [1.29, 1.82) is 0 Å². The zero-order valence-electron chi connectivity index (χ0n) is 20.8. The van der Waals surface area contributed by atoms with Crippen molar-refractivity contribution in [1.82, 2.24) is 0 Å². The van der Waals surface area contributed by atoms with Crippen LogP contribution in [0.5, 0.6) is 11.5 Å². The summed E-state index contributed by atoms with van der Waals surface area (Å²) in [5.74, 6) is -0.663. The van der Waals surface area contributed by atoms with Crippen molar-refractivity contribution < 1.29 is 27.6 Å². The van der Waals surface area contributed by atoms with Crippen molar-refractivity contribution >= 4 is 67.1 Å². The second-order valence-electron chi connectivity index (χ2n) is 8.31. The molecular formula is C27H23Cl2N3O6S. The molecule has 1 amide bonds. The van der Waals surface area contributed by atoms with Crippen molar-refractivity contribution in [3.63, 3.8) is 0 Å². The van der Waals surface area contributed by atoms with E-state index >= 15 is 0 Å². The molecule has 0 saturated heterocycles. The molecule has 0 heterocycles. The number of halogens is 2. The van der Waals surface area contributed by atoms with Gasteiger partial charge in [-0.25, -0.2) is 0 Å². The Bertz CT molecular complexity index is 1720. The Hall–Kier alpha value is -3.70. The molecule has 4 aromatic carbocycles. The second kappa shape index (κ2) is 11.6. The zero-order valence-corrected chi connectivity index (χ0v) is 23.1. The van der Waals surface area contributed by atoms with Crippen molar-refractivity contribution in [2.24, 2.45) is 10.2 Å². The van der Waals surface area contributed by atoms with E-state index < -0.39 is 26.7 Å². The summed E-state index contributed by atoms with van der Waals surface area (Å²) >= 11 is 12.4. The summed E-state index contributed by atoms with van der Waals surface area (Å²) in [6.07, 6.45) is 0.465. The van der Waals surface area contributed by atoms with Gasteiger partial charge in [0.1, 0.15) is 22.0 Å². The molecule has 0 unspecified atom stereocenters. The standard InChI is InChI=1S/C27H23Cl2N3O6S/c1-3-15-12-22(24(14-20(15)28)39(35,36)37)31-32-25-18-8-6-5-7-16(18)11-19(26(25)33)27(34)30-17-9-10-23(38-4-2)21(29)13-17/h5-14,33H,3-4H2,1-2H3,(H,30,34)(H,35,36,37). The van der Waals surface area contributed by atoms with Crippen LogP contribution in [0.25, 0.3) is 10.8 Å². The van der Waals surface area contributed by atoms with Crippen LogP contribution in [0.3, 0.4) is 0 Å². The number of nitrogens with one attached hydrogen (secondary N) is 1. The first kappa shape index (κ1) is 28.3. The molecule has 0 bridgehead atoms. The lowest BCUT2D eigenvalue weighted by atomic mass is 10.0. The summed E-state index contributed by atoms with van der Waals surface area (Å²) in [6.45, 7) is 4.06. The number of hydrogen-bond acceptors (Lipinski definition) is 7. The quantitative estimate of drug-likeness (QED) is 0.142. The van der Waals surface area contributed by atoms with Crippen molar-refractivity contribution in [2.75, 3.05) is 11.9 Å². The number of carbonyl (C=O) groups is 1. The van der Waals surface area contributed by atoms with Crippen LogP contribution in [0, 0.1) is 0 Å². The lowest BCUT2D eigenvalue weighted by Crippen LogP contribution is -2.12. The van der Waals surface area contributed by atoms with Crippen LogP contribution >= 0.6 is 23.2 Å². The predicted molar refractivity (Wildman–Crippen MR) is 151 cm³/mol. The van der Waals surface area contributed by atoms with Gasteiger partial charge in [0, 0.05) is 16.1 Å². The summed E-state index contributed by atoms with van der Waals surface area (Å²) in [4.78, 5) is 12.6. The number of ether oxygens (including phenoxy) is 1. The van der Waals surface area contributed by atoms with Crippen molar-refractivity contribution in [3.05, 3.63) is 81.8 Å². The number of hydrogen-bond donors (Lipinski definition) is 3. The number of benzene rings is 4. The number of phenolic OH excluding ortho intramolecular Hbond substituents is 1. The maximum atomic E-state index is 13.2. The number of nitrogens with zero attached hydrogens (tertiary/aromatic N) is 2. The van der Waals surface area contributed by atoms with Gasteiger partial charge in [-0.15, -0.1) is 10.2 Å². The van der Waals surface area contributed by atoms with E-state index in [9.17, 15) is 22.9 Å². The average Bonchev–Trinajstić information content (AvgIpc) is 2.89. The number of amides is 1. The number of fused-ring (bicyclic) bond motifs is 1. The summed E-state index contributed by atoms with van der Waals surface area (Å²) in [7, 11) is -4.69. The SMILES string of the molecule is CCOc1ccc(NC(=O)c2cc3ccccc3c(N=Nc3cc(CC)c(Cl)cc3S(=O)(=O)O)c2O)cc1Cl. The average molecular weight is 588 g/mol. The van der Waals surface area contributed by atoms with Crippen molar-refractivity contribution in [3.8, 4) is 11.5 Å². The third-order valence-corrected chi connectivity index (χ3v) is 7.30. The predicted octanol–water partition coefficient (Wildman–Crippen LogP) is 7.73. The van der Waals surface area contributed by atoms with E-state index in [1.54, 1.807) is 36.4 Å². The molecule has 0 fully saturated rings. The Morgan fingerprint density at radius 2 is 1.74 bits per heavy atom. The third-order valence-electron chi connectivity index (χ3n) is 5.77. The van der Waals surface area contributed by atoms with Gasteiger partial charge in [-0.2, -0.15) is 8.42 Å². The van der Waals surface area contributed by atoms with Crippen LogP contribution < -0.4 is 10.1 Å². The minimum Gasteiger partial charge on any atom is -0.505 e. The molecule has 39 heavy (non-hydrogen) atoms. The van der Waals surface area contributed by atoms with E-state index in [0.717, 1.165) is 6.07 Å². The fourth-order valence-electron chi connectivity index (χ4n) is 3.89. The number of phenols is 1. The molecule has 12 heteroatoms. The summed E-state index contributed by atoms with van der Waals surface area (Å²) in [5, 5.41) is 23.4. The summed E-state index contributed by atoms with van der Waals surface area (Å²) in [5.41, 5.74) is 0.593. The topological polar surface area (TPSA) is 138 Å². The van der Waals surface area contributed by atoms with Crippen LogP contribution in [0.4, 0.5) is 17.1 Å². The molecule has 0 spiro atoms. The lowest BCUT2D eigenvalue weighted by Gasteiger charge is -2.12.